The number of amides is 1. The van der Waals surface area contributed by atoms with Crippen molar-refractivity contribution < 1.29 is 9.32 Å². The molecule has 0 saturated carbocycles. The van der Waals surface area contributed by atoms with Crippen molar-refractivity contribution in [2.24, 2.45) is 0 Å². The van der Waals surface area contributed by atoms with Crippen LogP contribution in [0.3, 0.4) is 0 Å². The van der Waals surface area contributed by atoms with Crippen molar-refractivity contribution in [1.29, 1.82) is 0 Å². The molecule has 2 aromatic carbocycles. The topological polar surface area (TPSA) is 59.2 Å². The molecular formula is C20H17Cl2N3O2. The monoisotopic (exact) mass is 401 g/mol. The van der Waals surface area contributed by atoms with Gasteiger partial charge in [-0.25, -0.2) is 0 Å². The van der Waals surface area contributed by atoms with Crippen molar-refractivity contribution in [3.63, 3.8) is 0 Å². The van der Waals surface area contributed by atoms with E-state index >= 15 is 0 Å². The number of carbonyl (C=O) groups is 1. The highest BCUT2D eigenvalue weighted by Gasteiger charge is 2.35. The van der Waals surface area contributed by atoms with Gasteiger partial charge in [0.25, 0.3) is 5.91 Å². The third kappa shape index (κ3) is 3.57. The van der Waals surface area contributed by atoms with Crippen molar-refractivity contribution in [3.05, 3.63) is 69.5 Å². The normalized spacial score (nSPS) is 16.7. The number of carbonyl (C=O) groups excluding carboxylic acids is 1. The van der Waals surface area contributed by atoms with Gasteiger partial charge in [0.1, 0.15) is 6.04 Å². The summed E-state index contributed by atoms with van der Waals surface area (Å²) in [6.45, 7) is 2.64. The highest BCUT2D eigenvalue weighted by atomic mass is 35.5. The third-order valence-electron chi connectivity index (χ3n) is 4.71. The first-order valence-corrected chi connectivity index (χ1v) is 9.45. The van der Waals surface area contributed by atoms with Gasteiger partial charge in [-0.15, -0.1) is 0 Å². The lowest BCUT2D eigenvalue weighted by atomic mass is 10.1. The van der Waals surface area contributed by atoms with E-state index in [0.29, 0.717) is 33.9 Å². The fourth-order valence-corrected chi connectivity index (χ4v) is 3.76. The molecule has 0 bridgehead atoms. The molecular weight excluding hydrogens is 385 g/mol. The van der Waals surface area contributed by atoms with Crippen LogP contribution in [0, 0.1) is 6.92 Å². The predicted octanol–water partition coefficient (Wildman–Crippen LogP) is 5.33. The molecule has 3 aromatic rings. The molecule has 7 heteroatoms. The van der Waals surface area contributed by atoms with Gasteiger partial charge < -0.3 is 9.42 Å². The summed E-state index contributed by atoms with van der Waals surface area (Å²) < 4.78 is 5.49. The minimum atomic E-state index is -0.254. The SMILES string of the molecule is Cc1ccc(-c2noc(C3CCCN3C(=O)c3ccc(Cl)cc3Cl)n2)cc1. The van der Waals surface area contributed by atoms with Crippen LogP contribution in [0.15, 0.2) is 47.0 Å². The summed E-state index contributed by atoms with van der Waals surface area (Å²) >= 11 is 12.1. The summed E-state index contributed by atoms with van der Waals surface area (Å²) in [4.78, 5) is 19.3. The second kappa shape index (κ2) is 7.33. The van der Waals surface area contributed by atoms with Crippen LogP contribution in [0.25, 0.3) is 11.4 Å². The molecule has 1 unspecified atom stereocenters. The zero-order valence-corrected chi connectivity index (χ0v) is 16.2. The molecule has 1 amide bonds. The van der Waals surface area contributed by atoms with Crippen molar-refractivity contribution >= 4 is 29.1 Å². The fraction of sp³-hybridized carbons (Fsp3) is 0.250. The summed E-state index contributed by atoms with van der Waals surface area (Å²) in [5.41, 5.74) is 2.47. The van der Waals surface area contributed by atoms with Crippen LogP contribution in [0.4, 0.5) is 0 Å². The number of aryl methyl sites for hydroxylation is 1. The summed E-state index contributed by atoms with van der Waals surface area (Å²) in [5, 5.41) is 4.92. The van der Waals surface area contributed by atoms with E-state index in [1.807, 2.05) is 31.2 Å². The molecule has 1 fully saturated rings. The van der Waals surface area contributed by atoms with Gasteiger partial charge in [0.2, 0.25) is 11.7 Å². The summed E-state index contributed by atoms with van der Waals surface area (Å²) in [6.07, 6.45) is 1.64. The zero-order valence-electron chi connectivity index (χ0n) is 14.7. The Bertz CT molecular complexity index is 985. The maximum atomic E-state index is 13.0. The highest BCUT2D eigenvalue weighted by Crippen LogP contribution is 2.34. The van der Waals surface area contributed by atoms with Gasteiger partial charge in [-0.1, -0.05) is 58.2 Å². The van der Waals surface area contributed by atoms with E-state index in [1.54, 1.807) is 23.1 Å². The minimum absolute atomic E-state index is 0.158. The number of hydrogen-bond acceptors (Lipinski definition) is 4. The first-order chi connectivity index (χ1) is 13.0. The minimum Gasteiger partial charge on any atom is -0.337 e. The lowest BCUT2D eigenvalue weighted by Gasteiger charge is -2.22. The van der Waals surface area contributed by atoms with Crippen molar-refractivity contribution in [2.45, 2.75) is 25.8 Å². The van der Waals surface area contributed by atoms with Gasteiger partial charge in [0.05, 0.1) is 10.6 Å². The fourth-order valence-electron chi connectivity index (χ4n) is 3.27. The molecule has 0 radical (unpaired) electrons. The van der Waals surface area contributed by atoms with E-state index < -0.39 is 0 Å². The molecule has 1 aliphatic rings. The van der Waals surface area contributed by atoms with Crippen molar-refractivity contribution in [2.75, 3.05) is 6.54 Å². The lowest BCUT2D eigenvalue weighted by Crippen LogP contribution is -2.31. The van der Waals surface area contributed by atoms with E-state index in [1.165, 1.54) is 0 Å². The predicted molar refractivity (Wildman–Crippen MR) is 104 cm³/mol. The van der Waals surface area contributed by atoms with E-state index in [-0.39, 0.29) is 11.9 Å². The summed E-state index contributed by atoms with van der Waals surface area (Å²) in [5.74, 6) is 0.810. The van der Waals surface area contributed by atoms with Gasteiger partial charge >= 0.3 is 0 Å². The Morgan fingerprint density at radius 2 is 1.96 bits per heavy atom. The van der Waals surface area contributed by atoms with Crippen molar-refractivity contribution in [3.8, 4) is 11.4 Å². The Morgan fingerprint density at radius 3 is 2.70 bits per heavy atom. The summed E-state index contributed by atoms with van der Waals surface area (Å²) in [6, 6.07) is 12.5. The molecule has 0 N–H and O–H groups in total. The quantitative estimate of drug-likeness (QED) is 0.594. The number of rotatable bonds is 3. The Kier molecular flexibility index (Phi) is 4.89. The number of aromatic nitrogens is 2. The van der Waals surface area contributed by atoms with Crippen LogP contribution >= 0.6 is 23.2 Å². The van der Waals surface area contributed by atoms with E-state index in [0.717, 1.165) is 24.0 Å². The Labute approximate surface area is 166 Å². The maximum absolute atomic E-state index is 13.0. The molecule has 2 heterocycles. The van der Waals surface area contributed by atoms with Crippen LogP contribution in [0.1, 0.15) is 40.7 Å². The Balaban J connectivity index is 1.60. The third-order valence-corrected chi connectivity index (χ3v) is 5.26. The van der Waals surface area contributed by atoms with Gasteiger partial charge in [0.15, 0.2) is 0 Å². The van der Waals surface area contributed by atoms with E-state index in [2.05, 4.69) is 10.1 Å². The number of likely N-dealkylation sites (tertiary alicyclic amines) is 1. The lowest BCUT2D eigenvalue weighted by molar-refractivity contribution is 0.0710. The Morgan fingerprint density at radius 1 is 1.19 bits per heavy atom. The zero-order chi connectivity index (χ0) is 19.0. The standard InChI is InChI=1S/C20H17Cl2N3O2/c1-12-4-6-13(7-5-12)18-23-19(27-24-18)17-3-2-10-25(17)20(26)15-9-8-14(21)11-16(15)22/h4-9,11,17H,2-3,10H2,1H3. The van der Waals surface area contributed by atoms with Gasteiger partial charge in [-0.05, 0) is 38.0 Å². The first-order valence-electron chi connectivity index (χ1n) is 8.69. The molecule has 4 rings (SSSR count). The largest absolute Gasteiger partial charge is 0.337 e. The molecule has 1 aromatic heterocycles. The maximum Gasteiger partial charge on any atom is 0.256 e. The molecule has 0 spiro atoms. The average Bonchev–Trinajstić information content (AvgIpc) is 3.31. The van der Waals surface area contributed by atoms with E-state index in [4.69, 9.17) is 27.7 Å². The first kappa shape index (κ1) is 18.0. The molecule has 138 valence electrons. The average molecular weight is 402 g/mol. The number of benzene rings is 2. The smallest absolute Gasteiger partial charge is 0.256 e. The van der Waals surface area contributed by atoms with E-state index in [9.17, 15) is 4.79 Å². The molecule has 5 nitrogen and oxygen atoms in total. The van der Waals surface area contributed by atoms with Crippen LogP contribution in [-0.2, 0) is 0 Å². The van der Waals surface area contributed by atoms with Gasteiger partial charge in [-0.2, -0.15) is 4.98 Å². The number of halogens is 2. The second-order valence-corrected chi connectivity index (χ2v) is 7.45. The van der Waals surface area contributed by atoms with Crippen LogP contribution < -0.4 is 0 Å². The van der Waals surface area contributed by atoms with Gasteiger partial charge in [-0.3, -0.25) is 4.79 Å². The van der Waals surface area contributed by atoms with Gasteiger partial charge in [0, 0.05) is 17.1 Å². The number of nitrogens with zero attached hydrogens (tertiary/aromatic N) is 3. The van der Waals surface area contributed by atoms with Crippen LogP contribution in [0.5, 0.6) is 0 Å². The molecule has 27 heavy (non-hydrogen) atoms. The Hall–Kier alpha value is -2.37. The highest BCUT2D eigenvalue weighted by molar-refractivity contribution is 6.36. The molecule has 1 aliphatic heterocycles. The van der Waals surface area contributed by atoms with Crippen LogP contribution in [0.2, 0.25) is 10.0 Å². The van der Waals surface area contributed by atoms with Crippen LogP contribution in [-0.4, -0.2) is 27.5 Å². The second-order valence-electron chi connectivity index (χ2n) is 6.60. The molecule has 0 aliphatic carbocycles. The summed E-state index contributed by atoms with van der Waals surface area (Å²) in [7, 11) is 0. The molecule has 1 saturated heterocycles. The molecule has 1 atom stereocenters. The number of hydrogen-bond donors (Lipinski definition) is 0. The van der Waals surface area contributed by atoms with Crippen molar-refractivity contribution in [1.82, 2.24) is 15.0 Å².